The number of benzene rings is 2. The maximum absolute atomic E-state index is 13.7. The Morgan fingerprint density at radius 3 is 2.20 bits per heavy atom. The number of halogens is 4. The molecule has 7 nitrogen and oxygen atoms in total. The van der Waals surface area contributed by atoms with Crippen molar-refractivity contribution in [3.05, 3.63) is 62.3 Å². The summed E-state index contributed by atoms with van der Waals surface area (Å²) in [6.45, 7) is 0.498. The maximum Gasteiger partial charge on any atom is 0.329 e. The summed E-state index contributed by atoms with van der Waals surface area (Å²) in [5.41, 5.74) is -0.183. The normalized spacial score (nSPS) is 13.8. The lowest BCUT2D eigenvalue weighted by Gasteiger charge is -2.20. The van der Waals surface area contributed by atoms with Crippen LogP contribution in [0.3, 0.4) is 0 Å². The van der Waals surface area contributed by atoms with Gasteiger partial charge in [-0.25, -0.2) is 9.18 Å². The van der Waals surface area contributed by atoms with Crippen LogP contribution in [0.5, 0.6) is 0 Å². The summed E-state index contributed by atoms with van der Waals surface area (Å²) in [5.74, 6) is -4.07. The number of ether oxygens (including phenoxy) is 1. The monoisotopic (exact) mass is 472 g/mol. The number of hydrogen-bond acceptors (Lipinski definition) is 5. The molecule has 0 aromatic heterocycles. The second kappa shape index (κ2) is 8.59. The van der Waals surface area contributed by atoms with Gasteiger partial charge < -0.3 is 10.1 Å². The molecule has 30 heavy (non-hydrogen) atoms. The van der Waals surface area contributed by atoms with E-state index in [1.807, 2.05) is 0 Å². The molecule has 11 heteroatoms. The van der Waals surface area contributed by atoms with Gasteiger partial charge in [-0.1, -0.05) is 34.8 Å². The first-order valence-electron chi connectivity index (χ1n) is 8.38. The van der Waals surface area contributed by atoms with Crippen molar-refractivity contribution in [3.8, 4) is 0 Å². The molecule has 0 radical (unpaired) electrons. The van der Waals surface area contributed by atoms with Crippen molar-refractivity contribution >= 4 is 64.2 Å². The van der Waals surface area contributed by atoms with Crippen LogP contribution in [0.1, 0.15) is 27.6 Å². The molecule has 0 aliphatic carbocycles. The van der Waals surface area contributed by atoms with Gasteiger partial charge in [-0.15, -0.1) is 0 Å². The Morgan fingerprint density at radius 1 is 1.07 bits per heavy atom. The summed E-state index contributed by atoms with van der Waals surface area (Å²) in [6.07, 6.45) is 0. The molecule has 3 rings (SSSR count). The molecule has 0 saturated heterocycles. The van der Waals surface area contributed by atoms with Gasteiger partial charge in [0.15, 0.2) is 6.61 Å². The highest BCUT2D eigenvalue weighted by Crippen LogP contribution is 2.32. The van der Waals surface area contributed by atoms with Crippen LogP contribution in [0.25, 0.3) is 0 Å². The van der Waals surface area contributed by atoms with Crippen molar-refractivity contribution in [2.24, 2.45) is 0 Å². The summed E-state index contributed by atoms with van der Waals surface area (Å²) >= 11 is 17.5. The Morgan fingerprint density at radius 2 is 1.63 bits per heavy atom. The highest BCUT2D eigenvalue weighted by atomic mass is 35.5. The smallest absolute Gasteiger partial charge is 0.329 e. The molecule has 0 spiro atoms. The minimum atomic E-state index is -1.33. The van der Waals surface area contributed by atoms with Gasteiger partial charge in [0.05, 0.1) is 26.9 Å². The van der Waals surface area contributed by atoms with E-state index in [2.05, 4.69) is 5.32 Å². The largest absolute Gasteiger partial charge is 0.454 e. The molecule has 0 bridgehead atoms. The fourth-order valence-electron chi connectivity index (χ4n) is 2.75. The molecule has 1 unspecified atom stereocenters. The first-order valence-corrected chi connectivity index (χ1v) is 9.52. The Labute approximate surface area is 184 Å². The first-order chi connectivity index (χ1) is 14.1. The third-order valence-electron chi connectivity index (χ3n) is 4.24. The Hall–Kier alpha value is -2.68. The second-order valence-electron chi connectivity index (χ2n) is 6.25. The first kappa shape index (κ1) is 22.0. The molecule has 0 fully saturated rings. The highest BCUT2D eigenvalue weighted by Gasteiger charge is 2.42. The van der Waals surface area contributed by atoms with Crippen LogP contribution >= 0.6 is 34.8 Å². The number of fused-ring (bicyclic) bond motifs is 1. The quantitative estimate of drug-likeness (QED) is 0.524. The van der Waals surface area contributed by atoms with Crippen LogP contribution in [0, 0.1) is 5.82 Å². The second-order valence-corrected chi connectivity index (χ2v) is 7.50. The molecule has 2 aromatic rings. The van der Waals surface area contributed by atoms with E-state index in [4.69, 9.17) is 39.5 Å². The SMILES string of the molecule is CC(C(=O)OCC(=O)Nc1cc(Cl)ccc1F)N1C(=O)c2cc(Cl)c(Cl)cc2C1=O. The summed E-state index contributed by atoms with van der Waals surface area (Å²) in [6, 6.07) is 4.71. The Balaban J connectivity index is 1.65. The molecule has 1 N–H and O–H groups in total. The number of imide groups is 1. The number of amides is 3. The van der Waals surface area contributed by atoms with E-state index in [0.29, 0.717) is 4.90 Å². The van der Waals surface area contributed by atoms with Crippen molar-refractivity contribution in [1.82, 2.24) is 4.90 Å². The van der Waals surface area contributed by atoms with Crippen molar-refractivity contribution in [2.45, 2.75) is 13.0 Å². The summed E-state index contributed by atoms with van der Waals surface area (Å²) < 4.78 is 18.5. The van der Waals surface area contributed by atoms with E-state index in [1.165, 1.54) is 31.2 Å². The van der Waals surface area contributed by atoms with Crippen LogP contribution in [0.4, 0.5) is 10.1 Å². The van der Waals surface area contributed by atoms with E-state index in [1.54, 1.807) is 0 Å². The predicted octanol–water partition coefficient (Wildman–Crippen LogP) is 3.95. The summed E-state index contributed by atoms with van der Waals surface area (Å²) in [7, 11) is 0. The van der Waals surface area contributed by atoms with Gasteiger partial charge in [-0.2, -0.15) is 0 Å². The number of rotatable bonds is 5. The zero-order chi connectivity index (χ0) is 22.2. The molecule has 2 aromatic carbocycles. The van der Waals surface area contributed by atoms with Crippen molar-refractivity contribution in [3.63, 3.8) is 0 Å². The van der Waals surface area contributed by atoms with Crippen molar-refractivity contribution in [2.75, 3.05) is 11.9 Å². The number of esters is 1. The predicted molar refractivity (Wildman–Crippen MR) is 107 cm³/mol. The van der Waals surface area contributed by atoms with Gasteiger partial charge in [-0.3, -0.25) is 19.3 Å². The minimum absolute atomic E-state index is 0.00299. The third-order valence-corrected chi connectivity index (χ3v) is 5.19. The average molecular weight is 474 g/mol. The number of nitrogens with one attached hydrogen (secondary N) is 1. The molecular weight excluding hydrogens is 462 g/mol. The average Bonchev–Trinajstić information content (AvgIpc) is 2.92. The van der Waals surface area contributed by atoms with E-state index in [-0.39, 0.29) is 31.9 Å². The third kappa shape index (κ3) is 4.26. The van der Waals surface area contributed by atoms with E-state index >= 15 is 0 Å². The summed E-state index contributed by atoms with van der Waals surface area (Å²) in [4.78, 5) is 50.0. The van der Waals surface area contributed by atoms with E-state index in [9.17, 15) is 23.6 Å². The number of anilines is 1. The Bertz CT molecular complexity index is 1050. The van der Waals surface area contributed by atoms with Crippen LogP contribution in [-0.4, -0.2) is 41.2 Å². The molecule has 1 aliphatic heterocycles. The lowest BCUT2D eigenvalue weighted by atomic mass is 10.1. The van der Waals surface area contributed by atoms with E-state index in [0.717, 1.165) is 6.07 Å². The Kier molecular flexibility index (Phi) is 6.30. The van der Waals surface area contributed by atoms with Crippen LogP contribution in [-0.2, 0) is 14.3 Å². The number of nitrogens with zero attached hydrogens (tertiary/aromatic N) is 1. The van der Waals surface area contributed by atoms with Gasteiger partial charge in [0, 0.05) is 5.02 Å². The summed E-state index contributed by atoms with van der Waals surface area (Å²) in [5, 5.41) is 2.57. The molecular formula is C19H12Cl3FN2O5. The molecule has 1 atom stereocenters. The van der Waals surface area contributed by atoms with Crippen LogP contribution in [0.15, 0.2) is 30.3 Å². The van der Waals surface area contributed by atoms with Gasteiger partial charge in [0.1, 0.15) is 11.9 Å². The zero-order valence-electron chi connectivity index (χ0n) is 15.2. The maximum atomic E-state index is 13.7. The molecule has 156 valence electrons. The molecule has 1 heterocycles. The molecule has 3 amide bonds. The topological polar surface area (TPSA) is 92.8 Å². The zero-order valence-corrected chi connectivity index (χ0v) is 17.4. The van der Waals surface area contributed by atoms with Crippen molar-refractivity contribution < 1.29 is 28.3 Å². The number of carbonyl (C=O) groups is 4. The number of hydrogen-bond donors (Lipinski definition) is 1. The molecule has 0 saturated carbocycles. The van der Waals surface area contributed by atoms with Gasteiger partial charge in [-0.05, 0) is 37.3 Å². The minimum Gasteiger partial charge on any atom is -0.454 e. The van der Waals surface area contributed by atoms with Crippen LogP contribution < -0.4 is 5.32 Å². The van der Waals surface area contributed by atoms with E-state index < -0.39 is 42.2 Å². The number of carbonyl (C=O) groups excluding carboxylic acids is 4. The van der Waals surface area contributed by atoms with Crippen LogP contribution in [0.2, 0.25) is 15.1 Å². The fourth-order valence-corrected chi connectivity index (χ4v) is 3.25. The fraction of sp³-hybridized carbons (Fsp3) is 0.158. The molecule has 1 aliphatic rings. The van der Waals surface area contributed by atoms with Gasteiger partial charge >= 0.3 is 5.97 Å². The highest BCUT2D eigenvalue weighted by molar-refractivity contribution is 6.43. The lowest BCUT2D eigenvalue weighted by Crippen LogP contribution is -2.44. The standard InChI is InChI=1S/C19H12Cl3FN2O5/c1-8(25-17(27)10-5-12(21)13(22)6-11(10)18(25)28)19(29)30-7-16(26)24-15-4-9(20)2-3-14(15)23/h2-6,8H,7H2,1H3,(H,24,26). The van der Waals surface area contributed by atoms with Gasteiger partial charge in [0.25, 0.3) is 17.7 Å². The van der Waals surface area contributed by atoms with Gasteiger partial charge in [0.2, 0.25) is 0 Å². The van der Waals surface area contributed by atoms with Crippen molar-refractivity contribution in [1.29, 1.82) is 0 Å². The lowest BCUT2D eigenvalue weighted by molar-refractivity contribution is -0.150.